The molecule has 0 radical (unpaired) electrons. The zero-order valence-corrected chi connectivity index (χ0v) is 7.70. The van der Waals surface area contributed by atoms with Crippen molar-refractivity contribution < 1.29 is 10.0 Å². The minimum Gasteiger partial charge on any atom is -0.423 e. The third-order valence-corrected chi connectivity index (χ3v) is 1.96. The second-order valence-electron chi connectivity index (χ2n) is 3.07. The number of aryl methyl sites for hydroxylation is 1. The molecule has 0 atom stereocenters. The molecule has 0 fully saturated rings. The SMILES string of the molecule is CC(=N)c1cc(B(O)O)ccc1C. The van der Waals surface area contributed by atoms with Crippen LogP contribution in [0.15, 0.2) is 18.2 Å². The van der Waals surface area contributed by atoms with E-state index < -0.39 is 7.12 Å². The summed E-state index contributed by atoms with van der Waals surface area (Å²) in [7, 11) is -1.46. The first-order valence-corrected chi connectivity index (χ1v) is 4.04. The molecule has 4 heteroatoms. The third-order valence-electron chi connectivity index (χ3n) is 1.96. The Morgan fingerprint density at radius 3 is 2.46 bits per heavy atom. The molecule has 0 aliphatic heterocycles. The van der Waals surface area contributed by atoms with Gasteiger partial charge < -0.3 is 15.5 Å². The molecule has 0 aromatic heterocycles. The quantitative estimate of drug-likeness (QED) is 0.441. The van der Waals surface area contributed by atoms with Crippen LogP contribution in [-0.4, -0.2) is 22.9 Å². The van der Waals surface area contributed by atoms with Crippen LogP contribution in [0.3, 0.4) is 0 Å². The molecule has 0 unspecified atom stereocenters. The van der Waals surface area contributed by atoms with Crippen LogP contribution in [0.5, 0.6) is 0 Å². The summed E-state index contributed by atoms with van der Waals surface area (Å²) in [5, 5.41) is 25.3. The molecule has 0 bridgehead atoms. The number of benzene rings is 1. The zero-order valence-electron chi connectivity index (χ0n) is 7.70. The standard InChI is InChI=1S/C9H12BNO2/c1-6-3-4-8(10(12)13)5-9(6)7(2)11/h3-5,11-13H,1-2H3. The molecule has 0 heterocycles. The first kappa shape index (κ1) is 9.96. The van der Waals surface area contributed by atoms with Gasteiger partial charge >= 0.3 is 7.12 Å². The van der Waals surface area contributed by atoms with Gasteiger partial charge in [0.1, 0.15) is 0 Å². The first-order chi connectivity index (χ1) is 6.02. The molecular formula is C9H12BNO2. The fraction of sp³-hybridized carbons (Fsp3) is 0.222. The Balaban J connectivity index is 3.19. The molecule has 1 aromatic carbocycles. The van der Waals surface area contributed by atoms with Gasteiger partial charge in [0.25, 0.3) is 0 Å². The smallest absolute Gasteiger partial charge is 0.423 e. The van der Waals surface area contributed by atoms with Crippen molar-refractivity contribution in [1.29, 1.82) is 5.41 Å². The highest BCUT2D eigenvalue weighted by Crippen LogP contribution is 2.06. The Labute approximate surface area is 77.7 Å². The Morgan fingerprint density at radius 2 is 2.00 bits per heavy atom. The van der Waals surface area contributed by atoms with E-state index in [0.717, 1.165) is 11.1 Å². The predicted octanol–water partition coefficient (Wildman–Crippen LogP) is 0.0626. The van der Waals surface area contributed by atoms with Gasteiger partial charge in [0.15, 0.2) is 0 Å². The number of hydrogen-bond acceptors (Lipinski definition) is 3. The molecule has 3 N–H and O–H groups in total. The maximum absolute atomic E-state index is 8.91. The van der Waals surface area contributed by atoms with Crippen LogP contribution in [0, 0.1) is 12.3 Å². The summed E-state index contributed by atoms with van der Waals surface area (Å²) < 4.78 is 0. The molecule has 1 rings (SSSR count). The lowest BCUT2D eigenvalue weighted by Gasteiger charge is -2.06. The van der Waals surface area contributed by atoms with Crippen molar-refractivity contribution in [2.75, 3.05) is 0 Å². The lowest BCUT2D eigenvalue weighted by atomic mass is 9.78. The Kier molecular flexibility index (Phi) is 2.85. The molecule has 0 aliphatic rings. The normalized spacial score (nSPS) is 9.85. The van der Waals surface area contributed by atoms with E-state index in [0.29, 0.717) is 11.2 Å². The Bertz CT molecular complexity index is 336. The number of rotatable bonds is 2. The van der Waals surface area contributed by atoms with Gasteiger partial charge in [-0.15, -0.1) is 0 Å². The van der Waals surface area contributed by atoms with Gasteiger partial charge in [-0.05, 0) is 30.4 Å². The molecule has 3 nitrogen and oxygen atoms in total. The monoisotopic (exact) mass is 177 g/mol. The van der Waals surface area contributed by atoms with E-state index in [9.17, 15) is 0 Å². The van der Waals surface area contributed by atoms with Gasteiger partial charge in [0.05, 0.1) is 0 Å². The lowest BCUT2D eigenvalue weighted by molar-refractivity contribution is 0.426. The maximum Gasteiger partial charge on any atom is 0.488 e. The van der Waals surface area contributed by atoms with E-state index in [-0.39, 0.29) is 0 Å². The molecule has 68 valence electrons. The summed E-state index contributed by atoms with van der Waals surface area (Å²) in [6.07, 6.45) is 0. The van der Waals surface area contributed by atoms with Crippen LogP contribution in [0.1, 0.15) is 18.1 Å². The molecular weight excluding hydrogens is 165 g/mol. The van der Waals surface area contributed by atoms with E-state index in [1.807, 2.05) is 6.92 Å². The van der Waals surface area contributed by atoms with Gasteiger partial charge in [-0.1, -0.05) is 18.2 Å². The molecule has 0 spiro atoms. The summed E-state index contributed by atoms with van der Waals surface area (Å²) in [6, 6.07) is 5.05. The predicted molar refractivity (Wildman–Crippen MR) is 53.5 cm³/mol. The van der Waals surface area contributed by atoms with E-state index >= 15 is 0 Å². The average Bonchev–Trinajstić information content (AvgIpc) is 2.04. The summed E-state index contributed by atoms with van der Waals surface area (Å²) in [6.45, 7) is 3.57. The van der Waals surface area contributed by atoms with Gasteiger partial charge in [-0.3, -0.25) is 0 Å². The topological polar surface area (TPSA) is 64.3 Å². The van der Waals surface area contributed by atoms with Crippen LogP contribution in [0.4, 0.5) is 0 Å². The Morgan fingerprint density at radius 1 is 1.38 bits per heavy atom. The van der Waals surface area contributed by atoms with Crippen LogP contribution < -0.4 is 5.46 Å². The van der Waals surface area contributed by atoms with Crippen LogP contribution in [0.25, 0.3) is 0 Å². The van der Waals surface area contributed by atoms with Crippen molar-refractivity contribution in [3.8, 4) is 0 Å². The van der Waals surface area contributed by atoms with Crippen molar-refractivity contribution >= 4 is 18.3 Å². The second kappa shape index (κ2) is 3.72. The van der Waals surface area contributed by atoms with E-state index in [1.54, 1.807) is 25.1 Å². The molecule has 0 amide bonds. The van der Waals surface area contributed by atoms with Crippen molar-refractivity contribution in [3.63, 3.8) is 0 Å². The average molecular weight is 177 g/mol. The minimum absolute atomic E-state index is 0.423. The summed E-state index contributed by atoms with van der Waals surface area (Å²) in [4.78, 5) is 0. The van der Waals surface area contributed by atoms with Crippen LogP contribution in [0.2, 0.25) is 0 Å². The van der Waals surface area contributed by atoms with Crippen molar-refractivity contribution in [2.24, 2.45) is 0 Å². The Hall–Kier alpha value is -1.13. The third kappa shape index (κ3) is 2.17. The van der Waals surface area contributed by atoms with Crippen LogP contribution >= 0.6 is 0 Å². The molecule has 0 saturated heterocycles. The fourth-order valence-electron chi connectivity index (χ4n) is 1.20. The highest BCUT2D eigenvalue weighted by molar-refractivity contribution is 6.58. The fourth-order valence-corrected chi connectivity index (χ4v) is 1.20. The first-order valence-electron chi connectivity index (χ1n) is 4.04. The highest BCUT2D eigenvalue weighted by Gasteiger charge is 2.12. The molecule has 0 aliphatic carbocycles. The molecule has 0 saturated carbocycles. The van der Waals surface area contributed by atoms with E-state index in [1.165, 1.54) is 0 Å². The molecule has 1 aromatic rings. The van der Waals surface area contributed by atoms with Crippen molar-refractivity contribution in [1.82, 2.24) is 0 Å². The van der Waals surface area contributed by atoms with Gasteiger partial charge in [0, 0.05) is 5.71 Å². The van der Waals surface area contributed by atoms with E-state index in [4.69, 9.17) is 15.5 Å². The van der Waals surface area contributed by atoms with Gasteiger partial charge in [-0.25, -0.2) is 0 Å². The maximum atomic E-state index is 8.91. The second-order valence-corrected chi connectivity index (χ2v) is 3.07. The van der Waals surface area contributed by atoms with Gasteiger partial charge in [0.2, 0.25) is 0 Å². The summed E-state index contributed by atoms with van der Waals surface area (Å²) in [5.41, 5.74) is 2.58. The molecule has 13 heavy (non-hydrogen) atoms. The van der Waals surface area contributed by atoms with Crippen LogP contribution in [-0.2, 0) is 0 Å². The minimum atomic E-state index is -1.46. The van der Waals surface area contributed by atoms with E-state index in [2.05, 4.69) is 0 Å². The zero-order chi connectivity index (χ0) is 10.0. The number of hydrogen-bond donors (Lipinski definition) is 3. The lowest BCUT2D eigenvalue weighted by Crippen LogP contribution is -2.30. The summed E-state index contributed by atoms with van der Waals surface area (Å²) >= 11 is 0. The largest absolute Gasteiger partial charge is 0.488 e. The number of nitrogens with one attached hydrogen (secondary N) is 1. The highest BCUT2D eigenvalue weighted by atomic mass is 16.4. The van der Waals surface area contributed by atoms with Crippen molar-refractivity contribution in [3.05, 3.63) is 29.3 Å². The van der Waals surface area contributed by atoms with Crippen molar-refractivity contribution in [2.45, 2.75) is 13.8 Å². The van der Waals surface area contributed by atoms with Gasteiger partial charge in [-0.2, -0.15) is 0 Å². The summed E-state index contributed by atoms with van der Waals surface area (Å²) in [5.74, 6) is 0.